The van der Waals surface area contributed by atoms with Gasteiger partial charge < -0.3 is 15.1 Å². The summed E-state index contributed by atoms with van der Waals surface area (Å²) in [6, 6.07) is 9.79. The van der Waals surface area contributed by atoms with Crippen LogP contribution in [-0.2, 0) is 11.2 Å². The van der Waals surface area contributed by atoms with Crippen LogP contribution in [-0.4, -0.2) is 56.4 Å². The Morgan fingerprint density at radius 1 is 1.39 bits per heavy atom. The molecule has 0 bridgehead atoms. The molecular weight excluding hydrogens is 396 g/mol. The van der Waals surface area contributed by atoms with Crippen molar-refractivity contribution in [2.75, 3.05) is 12.3 Å². The molecule has 2 aromatic rings. The van der Waals surface area contributed by atoms with E-state index in [9.17, 15) is 14.7 Å². The number of hydrogen-bond donors (Lipinski definition) is 2. The summed E-state index contributed by atoms with van der Waals surface area (Å²) < 4.78 is 0.689. The van der Waals surface area contributed by atoms with E-state index in [1.807, 2.05) is 41.3 Å². The molecule has 6 nitrogen and oxygen atoms in total. The molecule has 2 N–H and O–H groups in total. The second-order valence-corrected chi connectivity index (χ2v) is 8.69. The highest BCUT2D eigenvalue weighted by Gasteiger charge is 2.28. The van der Waals surface area contributed by atoms with Gasteiger partial charge in [0, 0.05) is 30.5 Å². The van der Waals surface area contributed by atoms with E-state index in [4.69, 9.17) is 5.11 Å². The lowest BCUT2D eigenvalue weighted by molar-refractivity contribution is -0.128. The third-order valence-electron chi connectivity index (χ3n) is 4.48. The Hall–Kier alpha value is -2.16. The fourth-order valence-electron chi connectivity index (χ4n) is 3.08. The number of carboxylic acids is 1. The summed E-state index contributed by atoms with van der Waals surface area (Å²) in [7, 11) is 0. The lowest BCUT2D eigenvalue weighted by Gasteiger charge is -2.22. The number of hydrogen-bond acceptors (Lipinski definition) is 6. The summed E-state index contributed by atoms with van der Waals surface area (Å²) in [5.74, 6) is -0.273. The normalized spacial score (nSPS) is 18.1. The molecule has 0 aliphatic carbocycles. The third kappa shape index (κ3) is 5.67. The molecule has 1 amide bonds. The van der Waals surface area contributed by atoms with Gasteiger partial charge in [-0.05, 0) is 12.0 Å². The third-order valence-corrected chi connectivity index (χ3v) is 6.48. The molecule has 8 heteroatoms. The van der Waals surface area contributed by atoms with Crippen LogP contribution in [0.1, 0.15) is 28.9 Å². The molecule has 3 rings (SSSR count). The fraction of sp³-hybridized carbons (Fsp3) is 0.350. The first kappa shape index (κ1) is 20.6. The van der Waals surface area contributed by atoms with Crippen LogP contribution in [0.25, 0.3) is 0 Å². The highest BCUT2D eigenvalue weighted by Crippen LogP contribution is 2.25. The van der Waals surface area contributed by atoms with Crippen molar-refractivity contribution >= 4 is 35.0 Å². The summed E-state index contributed by atoms with van der Waals surface area (Å²) >= 11 is 2.75. The van der Waals surface area contributed by atoms with Crippen molar-refractivity contribution in [3.8, 4) is 0 Å². The van der Waals surface area contributed by atoms with Crippen molar-refractivity contribution in [3.05, 3.63) is 59.1 Å². The van der Waals surface area contributed by atoms with Gasteiger partial charge in [-0.1, -0.05) is 54.2 Å². The number of carbonyl (C=O) groups is 2. The van der Waals surface area contributed by atoms with Gasteiger partial charge in [-0.2, -0.15) is 0 Å². The van der Waals surface area contributed by atoms with Crippen molar-refractivity contribution in [2.45, 2.75) is 35.7 Å². The number of aromatic nitrogens is 1. The van der Waals surface area contributed by atoms with Gasteiger partial charge >= 0.3 is 5.97 Å². The number of thiazole rings is 1. The van der Waals surface area contributed by atoms with Crippen molar-refractivity contribution < 1.29 is 19.8 Å². The van der Waals surface area contributed by atoms with Crippen molar-refractivity contribution in [2.24, 2.45) is 0 Å². The number of thioether (sulfide) groups is 1. The summed E-state index contributed by atoms with van der Waals surface area (Å²) in [5, 5.41) is 20.7. The Balaban J connectivity index is 1.50. The second kappa shape index (κ2) is 9.86. The van der Waals surface area contributed by atoms with E-state index in [2.05, 4.69) is 4.98 Å². The molecular formula is C20H22N2O4S2. The van der Waals surface area contributed by atoms with Gasteiger partial charge in [-0.25, -0.2) is 9.78 Å². The maximum atomic E-state index is 12.2. The minimum Gasteiger partial charge on any atom is -0.476 e. The summed E-state index contributed by atoms with van der Waals surface area (Å²) in [6.45, 7) is 0.565. The van der Waals surface area contributed by atoms with Crippen LogP contribution < -0.4 is 0 Å². The van der Waals surface area contributed by atoms with Crippen molar-refractivity contribution in [1.82, 2.24) is 9.88 Å². The number of rotatable bonds is 9. The molecule has 148 valence electrons. The van der Waals surface area contributed by atoms with Crippen LogP contribution in [0.2, 0.25) is 0 Å². The van der Waals surface area contributed by atoms with Crippen LogP contribution in [0, 0.1) is 0 Å². The number of likely N-dealkylation sites (tertiary alicyclic amines) is 1. The minimum absolute atomic E-state index is 0.00982. The predicted molar refractivity (Wildman–Crippen MR) is 110 cm³/mol. The molecule has 1 aliphatic heterocycles. The van der Waals surface area contributed by atoms with Crippen LogP contribution in [0.5, 0.6) is 0 Å². The lowest BCUT2D eigenvalue weighted by atomic mass is 10.1. The molecule has 1 aromatic carbocycles. The molecule has 1 fully saturated rings. The smallest absolute Gasteiger partial charge is 0.355 e. The van der Waals surface area contributed by atoms with Crippen LogP contribution in [0.4, 0.5) is 0 Å². The van der Waals surface area contributed by atoms with Crippen LogP contribution >= 0.6 is 23.1 Å². The highest BCUT2D eigenvalue weighted by molar-refractivity contribution is 8.01. The summed E-state index contributed by atoms with van der Waals surface area (Å²) in [5.41, 5.74) is 1.12. The van der Waals surface area contributed by atoms with Gasteiger partial charge in [0.25, 0.3) is 0 Å². The molecule has 2 heterocycles. The zero-order chi connectivity index (χ0) is 19.9. The van der Waals surface area contributed by atoms with Gasteiger partial charge in [0.2, 0.25) is 5.91 Å². The van der Waals surface area contributed by atoms with Gasteiger partial charge in [-0.15, -0.1) is 11.3 Å². The average Bonchev–Trinajstić information content (AvgIpc) is 3.29. The van der Waals surface area contributed by atoms with Crippen LogP contribution in [0.3, 0.4) is 0 Å². The van der Waals surface area contributed by atoms with E-state index in [0.29, 0.717) is 29.5 Å². The van der Waals surface area contributed by atoms with E-state index in [-0.39, 0.29) is 17.6 Å². The molecule has 2 atom stereocenters. The first-order chi connectivity index (χ1) is 13.5. The van der Waals surface area contributed by atoms with E-state index in [1.165, 1.54) is 28.5 Å². The maximum absolute atomic E-state index is 12.2. The SMILES string of the molecule is O=C(O)c1csc(SCCN2C(=O)CC[C@@H]2C=C[C@@H](O)Cc2ccccc2)n1. The van der Waals surface area contributed by atoms with Crippen LogP contribution in [0.15, 0.2) is 52.2 Å². The predicted octanol–water partition coefficient (Wildman–Crippen LogP) is 3.08. The monoisotopic (exact) mass is 418 g/mol. The van der Waals surface area contributed by atoms with E-state index >= 15 is 0 Å². The van der Waals surface area contributed by atoms with Gasteiger partial charge in [-0.3, -0.25) is 4.79 Å². The second-order valence-electron chi connectivity index (χ2n) is 6.49. The van der Waals surface area contributed by atoms with Gasteiger partial charge in [0.15, 0.2) is 10.0 Å². The standard InChI is InChI=1S/C20H22N2O4S2/c23-16(12-14-4-2-1-3-5-14)8-6-15-7-9-18(24)22(15)10-11-27-20-21-17(13-28-20)19(25)26/h1-6,8,13,15-16,23H,7,9-12H2,(H,25,26)/t15-,16+/m0/s1. The zero-order valence-electron chi connectivity index (χ0n) is 15.2. The highest BCUT2D eigenvalue weighted by atomic mass is 32.2. The van der Waals surface area contributed by atoms with Crippen molar-refractivity contribution in [3.63, 3.8) is 0 Å². The molecule has 0 spiro atoms. The van der Waals surface area contributed by atoms with E-state index in [0.717, 1.165) is 12.0 Å². The zero-order valence-corrected chi connectivity index (χ0v) is 16.9. The Bertz CT molecular complexity index is 838. The molecule has 1 aliphatic rings. The van der Waals surface area contributed by atoms with Gasteiger partial charge in [0.05, 0.1) is 12.1 Å². The first-order valence-electron chi connectivity index (χ1n) is 9.04. The Morgan fingerprint density at radius 3 is 2.89 bits per heavy atom. The number of carbonyl (C=O) groups excluding carboxylic acids is 1. The number of aliphatic hydroxyl groups is 1. The fourth-order valence-corrected chi connectivity index (χ4v) is 4.89. The summed E-state index contributed by atoms with van der Waals surface area (Å²) in [4.78, 5) is 28.9. The number of aliphatic hydroxyl groups excluding tert-OH is 1. The molecule has 0 radical (unpaired) electrons. The Morgan fingerprint density at radius 2 is 2.18 bits per heavy atom. The largest absolute Gasteiger partial charge is 0.476 e. The van der Waals surface area contributed by atoms with E-state index < -0.39 is 12.1 Å². The topological polar surface area (TPSA) is 90.7 Å². The molecule has 0 saturated carbocycles. The number of carboxylic acid groups (broad SMARTS) is 1. The maximum Gasteiger partial charge on any atom is 0.355 e. The Kier molecular flexibility index (Phi) is 7.24. The lowest BCUT2D eigenvalue weighted by Crippen LogP contribution is -2.33. The van der Waals surface area contributed by atoms with Gasteiger partial charge in [0.1, 0.15) is 0 Å². The minimum atomic E-state index is -1.03. The number of benzene rings is 1. The molecule has 1 saturated heterocycles. The quantitative estimate of drug-likeness (QED) is 0.480. The number of amides is 1. The van der Waals surface area contributed by atoms with Crippen molar-refractivity contribution in [1.29, 1.82) is 0 Å². The molecule has 28 heavy (non-hydrogen) atoms. The summed E-state index contributed by atoms with van der Waals surface area (Å²) in [6.07, 6.45) is 4.92. The number of aromatic carboxylic acids is 1. The average molecular weight is 419 g/mol. The Labute approximate surface area is 171 Å². The first-order valence-corrected chi connectivity index (χ1v) is 10.9. The van der Waals surface area contributed by atoms with E-state index in [1.54, 1.807) is 6.08 Å². The number of nitrogens with zero attached hydrogens (tertiary/aromatic N) is 2. The molecule has 1 aromatic heterocycles. The molecule has 0 unspecified atom stereocenters.